The Kier molecular flexibility index (Phi) is 4.34. The van der Waals surface area contributed by atoms with Crippen molar-refractivity contribution in [3.63, 3.8) is 0 Å². The number of benzene rings is 1. The van der Waals surface area contributed by atoms with Crippen LogP contribution >= 0.6 is 0 Å². The van der Waals surface area contributed by atoms with E-state index in [2.05, 4.69) is 25.7 Å². The van der Waals surface area contributed by atoms with Crippen LogP contribution < -0.4 is 10.1 Å². The minimum atomic E-state index is -0.565. The van der Waals surface area contributed by atoms with Gasteiger partial charge in [-0.3, -0.25) is 0 Å². The lowest BCUT2D eigenvalue weighted by Gasteiger charge is -2.04. The largest absolute Gasteiger partial charge is 0.414 e. The lowest BCUT2D eigenvalue weighted by Crippen LogP contribution is -2.26. The quantitative estimate of drug-likeness (QED) is 0.571. The Labute approximate surface area is 131 Å². The van der Waals surface area contributed by atoms with E-state index in [0.29, 0.717) is 23.5 Å². The molecular weight excluding hydrogens is 298 g/mol. The van der Waals surface area contributed by atoms with Crippen LogP contribution in [0.2, 0.25) is 0 Å². The van der Waals surface area contributed by atoms with Gasteiger partial charge in [-0.15, -0.1) is 0 Å². The number of H-pyrrole nitrogens is 2. The van der Waals surface area contributed by atoms with Crippen LogP contribution in [0.3, 0.4) is 0 Å². The van der Waals surface area contributed by atoms with E-state index in [0.717, 1.165) is 5.56 Å². The molecule has 1 aromatic carbocycles. The lowest BCUT2D eigenvalue weighted by molar-refractivity contribution is 0.198. The molecule has 8 nitrogen and oxygen atoms in total. The fraction of sp³-hybridized carbons (Fsp3) is 0.133. The highest BCUT2D eigenvalue weighted by Gasteiger charge is 2.13. The summed E-state index contributed by atoms with van der Waals surface area (Å²) in [6, 6.07) is 11.1. The van der Waals surface area contributed by atoms with Crippen LogP contribution in [0.15, 0.2) is 42.6 Å². The van der Waals surface area contributed by atoms with Crippen molar-refractivity contribution < 1.29 is 14.6 Å². The first-order valence-corrected chi connectivity index (χ1v) is 6.95. The highest BCUT2D eigenvalue weighted by molar-refractivity contribution is 5.71. The van der Waals surface area contributed by atoms with Gasteiger partial charge in [-0.05, 0) is 5.56 Å². The summed E-state index contributed by atoms with van der Waals surface area (Å²) in [6.07, 6.45) is 1.06. The molecule has 0 atom stereocenters. The maximum Gasteiger partial charge on any atom is 0.414 e. The van der Waals surface area contributed by atoms with Crippen molar-refractivity contribution in [1.29, 1.82) is 0 Å². The molecule has 23 heavy (non-hydrogen) atoms. The Hall–Kier alpha value is -3.13. The van der Waals surface area contributed by atoms with E-state index in [1.54, 1.807) is 12.3 Å². The van der Waals surface area contributed by atoms with Gasteiger partial charge in [0.25, 0.3) is 0 Å². The number of aliphatic hydroxyl groups is 1. The minimum Gasteiger partial charge on any atom is -0.393 e. The van der Waals surface area contributed by atoms with E-state index in [9.17, 15) is 9.90 Å². The minimum absolute atomic E-state index is 0.231. The molecule has 2 heterocycles. The zero-order chi connectivity index (χ0) is 16.1. The normalized spacial score (nSPS) is 10.5. The van der Waals surface area contributed by atoms with Gasteiger partial charge in [0, 0.05) is 24.4 Å². The van der Waals surface area contributed by atoms with E-state index in [-0.39, 0.29) is 12.5 Å². The number of carbonyl (C=O) groups excluding carboxylic acids is 1. The topological polar surface area (TPSA) is 116 Å². The smallest absolute Gasteiger partial charge is 0.393 e. The standard InChI is InChI=1S/C15H15N5O3/c21-9-12-14(19-20-18-12)11-6-13(16-8-11)23-15(22)17-7-10-4-2-1-3-5-10/h1-6,8,16,21H,7,9H2,(H,17,22)(H,18,19,20). The summed E-state index contributed by atoms with van der Waals surface area (Å²) in [6.45, 7) is 0.149. The number of amides is 1. The number of nitrogens with one attached hydrogen (secondary N) is 3. The predicted octanol–water partition coefficient (Wildman–Crippen LogP) is 1.58. The summed E-state index contributed by atoms with van der Waals surface area (Å²) >= 11 is 0. The molecule has 0 unspecified atom stereocenters. The number of rotatable bonds is 5. The van der Waals surface area contributed by atoms with Crippen molar-refractivity contribution in [2.75, 3.05) is 0 Å². The molecule has 118 valence electrons. The van der Waals surface area contributed by atoms with Gasteiger partial charge in [-0.25, -0.2) is 4.79 Å². The molecule has 8 heteroatoms. The molecule has 0 bridgehead atoms. The molecule has 4 N–H and O–H groups in total. The van der Waals surface area contributed by atoms with E-state index in [4.69, 9.17) is 4.74 Å². The molecule has 1 amide bonds. The first-order valence-electron chi connectivity index (χ1n) is 6.95. The van der Waals surface area contributed by atoms with Crippen molar-refractivity contribution in [1.82, 2.24) is 25.7 Å². The molecule has 0 saturated heterocycles. The number of ether oxygens (including phenoxy) is 1. The van der Waals surface area contributed by atoms with E-state index in [1.165, 1.54) is 0 Å². The van der Waals surface area contributed by atoms with E-state index in [1.807, 2.05) is 30.3 Å². The predicted molar refractivity (Wildman–Crippen MR) is 81.4 cm³/mol. The van der Waals surface area contributed by atoms with Gasteiger partial charge in [0.05, 0.1) is 6.61 Å². The molecule has 0 aliphatic carbocycles. The third-order valence-electron chi connectivity index (χ3n) is 3.18. The number of nitrogens with zero attached hydrogens (tertiary/aromatic N) is 2. The summed E-state index contributed by atoms with van der Waals surface area (Å²) in [4.78, 5) is 14.6. The van der Waals surface area contributed by atoms with Crippen LogP contribution in [0.5, 0.6) is 5.88 Å². The number of aromatic nitrogens is 4. The summed E-state index contributed by atoms with van der Waals surface area (Å²) in [5, 5.41) is 22.0. The second-order valence-electron chi connectivity index (χ2n) is 4.76. The third-order valence-corrected chi connectivity index (χ3v) is 3.18. The molecule has 0 aliphatic heterocycles. The summed E-state index contributed by atoms with van der Waals surface area (Å²) < 4.78 is 5.16. The molecule has 2 aromatic heterocycles. The molecule has 0 spiro atoms. The van der Waals surface area contributed by atoms with Crippen molar-refractivity contribution >= 4 is 6.09 Å². The number of aliphatic hydroxyl groups excluding tert-OH is 1. The first-order chi connectivity index (χ1) is 11.3. The Morgan fingerprint density at radius 1 is 1.26 bits per heavy atom. The number of hydrogen-bond acceptors (Lipinski definition) is 5. The Morgan fingerprint density at radius 3 is 2.87 bits per heavy atom. The molecule has 0 saturated carbocycles. The average Bonchev–Trinajstić information content (AvgIpc) is 3.22. The van der Waals surface area contributed by atoms with Gasteiger partial charge >= 0.3 is 6.09 Å². The van der Waals surface area contributed by atoms with Crippen molar-refractivity contribution in [3.05, 3.63) is 53.9 Å². The fourth-order valence-corrected chi connectivity index (χ4v) is 2.07. The number of hydrogen-bond donors (Lipinski definition) is 4. The van der Waals surface area contributed by atoms with Crippen LogP contribution in [0.25, 0.3) is 11.3 Å². The number of aromatic amines is 2. The highest BCUT2D eigenvalue weighted by atomic mass is 16.6. The zero-order valence-electron chi connectivity index (χ0n) is 12.1. The van der Waals surface area contributed by atoms with Gasteiger partial charge in [0.2, 0.25) is 5.88 Å². The second-order valence-corrected chi connectivity index (χ2v) is 4.76. The van der Waals surface area contributed by atoms with Gasteiger partial charge in [-0.1, -0.05) is 30.3 Å². The van der Waals surface area contributed by atoms with Crippen molar-refractivity contribution in [2.45, 2.75) is 13.2 Å². The van der Waals surface area contributed by atoms with Gasteiger partial charge < -0.3 is 20.1 Å². The molecule has 0 aliphatic rings. The lowest BCUT2D eigenvalue weighted by atomic mass is 10.2. The highest BCUT2D eigenvalue weighted by Crippen LogP contribution is 2.23. The molecule has 3 rings (SSSR count). The summed E-state index contributed by atoms with van der Waals surface area (Å²) in [7, 11) is 0. The maximum atomic E-state index is 11.8. The summed E-state index contributed by atoms with van der Waals surface area (Å²) in [5.41, 5.74) is 2.56. The Morgan fingerprint density at radius 2 is 2.09 bits per heavy atom. The van der Waals surface area contributed by atoms with E-state index >= 15 is 0 Å². The molecule has 0 fully saturated rings. The van der Waals surface area contributed by atoms with Crippen LogP contribution in [-0.2, 0) is 13.2 Å². The van der Waals surface area contributed by atoms with Crippen LogP contribution in [-0.4, -0.2) is 31.6 Å². The van der Waals surface area contributed by atoms with Gasteiger partial charge in [0.1, 0.15) is 11.4 Å². The molecule has 3 aromatic rings. The van der Waals surface area contributed by atoms with Crippen molar-refractivity contribution in [2.24, 2.45) is 0 Å². The first kappa shape index (κ1) is 14.8. The SMILES string of the molecule is O=C(NCc1ccccc1)Oc1cc(-c2n[nH]nc2CO)c[nH]1. The average molecular weight is 313 g/mol. The zero-order valence-corrected chi connectivity index (χ0v) is 12.1. The van der Waals surface area contributed by atoms with Crippen molar-refractivity contribution in [3.8, 4) is 17.1 Å². The van der Waals surface area contributed by atoms with Gasteiger partial charge in [-0.2, -0.15) is 15.4 Å². The van der Waals surface area contributed by atoms with Crippen LogP contribution in [0.4, 0.5) is 4.79 Å². The second kappa shape index (κ2) is 6.75. The monoisotopic (exact) mass is 313 g/mol. The maximum absolute atomic E-state index is 11.8. The van der Waals surface area contributed by atoms with Crippen LogP contribution in [0, 0.1) is 0 Å². The molecular formula is C15H15N5O3. The summed E-state index contributed by atoms with van der Waals surface area (Å²) in [5.74, 6) is 0.275. The number of carbonyl (C=O) groups is 1. The van der Waals surface area contributed by atoms with E-state index < -0.39 is 6.09 Å². The van der Waals surface area contributed by atoms with Crippen LogP contribution in [0.1, 0.15) is 11.3 Å². The van der Waals surface area contributed by atoms with Gasteiger partial charge in [0.15, 0.2) is 0 Å². The Bertz CT molecular complexity index is 781. The molecule has 0 radical (unpaired) electrons. The fourth-order valence-electron chi connectivity index (χ4n) is 2.07. The Balaban J connectivity index is 1.59. The third kappa shape index (κ3) is 3.55.